The molecule has 0 unspecified atom stereocenters. The highest BCUT2D eigenvalue weighted by molar-refractivity contribution is 6.13. The molecule has 9 rings (SSSR count). The van der Waals surface area contributed by atoms with E-state index in [1.165, 1.54) is 4.57 Å². The molecule has 3 heterocycles. The number of para-hydroxylation sites is 5. The molecule has 182 valence electrons. The van der Waals surface area contributed by atoms with Gasteiger partial charge in [0, 0.05) is 27.2 Å². The SMILES string of the molecule is [2H]c1c([2H])c([2H])c2c(c1[2H])c1c([2H])c([2H])c([2H])c([2H])c1n2-c1ccc(-c2ccc3c(c2)c2cccc4c2n3-c2ccccc2O4)cc1. The van der Waals surface area contributed by atoms with Crippen molar-refractivity contribution in [3.8, 4) is 34.0 Å². The highest BCUT2D eigenvalue weighted by atomic mass is 16.5. The van der Waals surface area contributed by atoms with Crippen LogP contribution in [0.3, 0.4) is 0 Å². The molecule has 3 nitrogen and oxygen atoms in total. The highest BCUT2D eigenvalue weighted by Crippen LogP contribution is 2.45. The lowest BCUT2D eigenvalue weighted by Gasteiger charge is -2.20. The molecule has 3 heteroatoms. The van der Waals surface area contributed by atoms with Crippen molar-refractivity contribution in [3.05, 3.63) is 133 Å². The Labute approximate surface area is 236 Å². The predicted molar refractivity (Wildman–Crippen MR) is 161 cm³/mol. The zero-order valence-electron chi connectivity index (χ0n) is 28.4. The van der Waals surface area contributed by atoms with Gasteiger partial charge in [-0.1, -0.05) is 78.7 Å². The first kappa shape index (κ1) is 14.6. The first-order valence-electron chi connectivity index (χ1n) is 16.6. The number of nitrogens with zero attached hydrogens (tertiary/aromatic N) is 2. The molecule has 2 aromatic heterocycles. The molecule has 0 aliphatic carbocycles. The van der Waals surface area contributed by atoms with Crippen molar-refractivity contribution in [1.82, 2.24) is 9.13 Å². The normalized spacial score (nSPS) is 15.2. The Morgan fingerprint density at radius 1 is 0.513 bits per heavy atom. The lowest BCUT2D eigenvalue weighted by molar-refractivity contribution is 0.476. The summed E-state index contributed by atoms with van der Waals surface area (Å²) in [6.45, 7) is 0. The third kappa shape index (κ3) is 2.82. The summed E-state index contributed by atoms with van der Waals surface area (Å²) in [5.41, 5.74) is 5.62. The van der Waals surface area contributed by atoms with Crippen molar-refractivity contribution in [2.75, 3.05) is 0 Å². The minimum absolute atomic E-state index is 0.0613. The lowest BCUT2D eigenvalue weighted by Crippen LogP contribution is -2.03. The molecule has 0 N–H and O–H groups in total. The molecule has 39 heavy (non-hydrogen) atoms. The molecule has 0 spiro atoms. The Morgan fingerprint density at radius 3 is 2.00 bits per heavy atom. The number of hydrogen-bond donors (Lipinski definition) is 0. The maximum atomic E-state index is 8.76. The molecule has 1 aliphatic heterocycles. The van der Waals surface area contributed by atoms with Crippen molar-refractivity contribution >= 4 is 43.6 Å². The van der Waals surface area contributed by atoms with E-state index in [1.54, 1.807) is 12.1 Å². The number of benzene rings is 6. The Morgan fingerprint density at radius 2 is 1.21 bits per heavy atom. The molecule has 0 radical (unpaired) electrons. The zero-order valence-corrected chi connectivity index (χ0v) is 20.4. The van der Waals surface area contributed by atoms with Crippen molar-refractivity contribution in [1.29, 1.82) is 0 Å². The molecular formula is C36H22N2O. The molecule has 0 amide bonds. The van der Waals surface area contributed by atoms with Gasteiger partial charge in [0.15, 0.2) is 11.5 Å². The van der Waals surface area contributed by atoms with Crippen LogP contribution >= 0.6 is 0 Å². The third-order valence-electron chi connectivity index (χ3n) is 7.57. The van der Waals surface area contributed by atoms with Crippen LogP contribution in [0.2, 0.25) is 0 Å². The predicted octanol–water partition coefficient (Wildman–Crippen LogP) is 9.65. The molecular weight excluding hydrogens is 476 g/mol. The summed E-state index contributed by atoms with van der Waals surface area (Å²) < 4.78 is 78.1. The first-order valence-corrected chi connectivity index (χ1v) is 12.6. The summed E-state index contributed by atoms with van der Waals surface area (Å²) in [4.78, 5) is 0. The van der Waals surface area contributed by atoms with Crippen LogP contribution in [0.15, 0.2) is 133 Å². The summed E-state index contributed by atoms with van der Waals surface area (Å²) in [6.07, 6.45) is 0. The molecule has 0 saturated heterocycles. The fourth-order valence-corrected chi connectivity index (χ4v) is 5.88. The fourth-order valence-electron chi connectivity index (χ4n) is 5.88. The van der Waals surface area contributed by atoms with Gasteiger partial charge in [-0.25, -0.2) is 0 Å². The summed E-state index contributed by atoms with van der Waals surface area (Å²) in [5.74, 6) is 1.59. The second-order valence-electron chi connectivity index (χ2n) is 9.62. The van der Waals surface area contributed by atoms with Crippen LogP contribution in [0.4, 0.5) is 0 Å². The second kappa shape index (κ2) is 7.62. The number of ether oxygens (including phenoxy) is 1. The van der Waals surface area contributed by atoms with Crippen molar-refractivity contribution in [2.45, 2.75) is 0 Å². The smallest absolute Gasteiger partial charge is 0.152 e. The van der Waals surface area contributed by atoms with Crippen molar-refractivity contribution < 1.29 is 15.7 Å². The van der Waals surface area contributed by atoms with Gasteiger partial charge >= 0.3 is 0 Å². The number of aromatic nitrogens is 2. The summed E-state index contributed by atoms with van der Waals surface area (Å²) in [5, 5.41) is 2.26. The Balaban J connectivity index is 1.26. The van der Waals surface area contributed by atoms with E-state index in [1.807, 2.05) is 48.5 Å². The molecule has 0 bridgehead atoms. The second-order valence-corrected chi connectivity index (χ2v) is 9.62. The fraction of sp³-hybridized carbons (Fsp3) is 0. The van der Waals surface area contributed by atoms with Gasteiger partial charge in [0.2, 0.25) is 0 Å². The summed E-state index contributed by atoms with van der Waals surface area (Å²) >= 11 is 0. The molecule has 0 fully saturated rings. The van der Waals surface area contributed by atoms with Crippen LogP contribution in [0.25, 0.3) is 66.1 Å². The summed E-state index contributed by atoms with van der Waals surface area (Å²) in [6, 6.07) is 24.6. The number of rotatable bonds is 2. The van der Waals surface area contributed by atoms with Crippen LogP contribution in [0.1, 0.15) is 11.0 Å². The van der Waals surface area contributed by atoms with Gasteiger partial charge in [0.25, 0.3) is 0 Å². The average Bonchev–Trinajstić information content (AvgIpc) is 3.63. The maximum absolute atomic E-state index is 8.76. The van der Waals surface area contributed by atoms with Gasteiger partial charge in [-0.15, -0.1) is 0 Å². The van der Waals surface area contributed by atoms with E-state index in [-0.39, 0.29) is 46.0 Å². The molecule has 8 aromatic rings. The van der Waals surface area contributed by atoms with E-state index in [0.717, 1.165) is 50.1 Å². The molecule has 1 aliphatic rings. The van der Waals surface area contributed by atoms with Gasteiger partial charge < -0.3 is 13.9 Å². The minimum atomic E-state index is -0.460. The monoisotopic (exact) mass is 506 g/mol. The zero-order chi connectivity index (χ0) is 32.5. The Bertz CT molecular complexity index is 2620. The topological polar surface area (TPSA) is 19.1 Å². The van der Waals surface area contributed by atoms with Crippen LogP contribution in [0, 0.1) is 0 Å². The van der Waals surface area contributed by atoms with E-state index >= 15 is 0 Å². The van der Waals surface area contributed by atoms with E-state index in [0.29, 0.717) is 5.69 Å². The van der Waals surface area contributed by atoms with Gasteiger partial charge in [-0.05, 0) is 65.7 Å². The van der Waals surface area contributed by atoms with E-state index in [2.05, 4.69) is 28.8 Å². The first-order chi connectivity index (χ1) is 22.7. The van der Waals surface area contributed by atoms with E-state index in [9.17, 15) is 0 Å². The third-order valence-corrected chi connectivity index (χ3v) is 7.57. The number of hydrogen-bond acceptors (Lipinski definition) is 1. The van der Waals surface area contributed by atoms with E-state index < -0.39 is 24.2 Å². The Hall–Kier alpha value is -5.28. The van der Waals surface area contributed by atoms with Gasteiger partial charge in [0.1, 0.15) is 0 Å². The van der Waals surface area contributed by atoms with Crippen molar-refractivity contribution in [2.24, 2.45) is 0 Å². The average molecular weight is 507 g/mol. The maximum Gasteiger partial charge on any atom is 0.152 e. The Kier molecular flexibility index (Phi) is 2.85. The van der Waals surface area contributed by atoms with Gasteiger partial charge in [0.05, 0.1) is 38.7 Å². The largest absolute Gasteiger partial charge is 0.453 e. The van der Waals surface area contributed by atoms with Crippen LogP contribution in [-0.4, -0.2) is 9.13 Å². The van der Waals surface area contributed by atoms with Crippen LogP contribution in [0.5, 0.6) is 11.5 Å². The van der Waals surface area contributed by atoms with Gasteiger partial charge in [-0.2, -0.15) is 0 Å². The number of fused-ring (bicyclic) bond motifs is 8. The van der Waals surface area contributed by atoms with E-state index in [4.69, 9.17) is 15.7 Å². The van der Waals surface area contributed by atoms with Crippen molar-refractivity contribution in [3.63, 3.8) is 0 Å². The van der Waals surface area contributed by atoms with Crippen LogP contribution in [-0.2, 0) is 0 Å². The standard InChI is InChI=1S/C36H22N2O/c1-3-11-30-26(8-1)27-9-2-4-12-31(27)37(30)25-19-16-23(17-20-25)24-18-21-32-29(22-24)28-10-7-15-35-36(28)38(32)33-13-5-6-14-34(33)39-35/h1-22H/i1D,2D,3D,4D,8D,9D,11D,12D. The molecule has 6 aromatic carbocycles. The minimum Gasteiger partial charge on any atom is -0.453 e. The lowest BCUT2D eigenvalue weighted by atomic mass is 10.0. The summed E-state index contributed by atoms with van der Waals surface area (Å²) in [7, 11) is 0. The molecule has 0 atom stereocenters. The molecule has 0 saturated carbocycles. The highest BCUT2D eigenvalue weighted by Gasteiger charge is 2.23. The quantitative estimate of drug-likeness (QED) is 0.228. The van der Waals surface area contributed by atoms with Gasteiger partial charge in [-0.3, -0.25) is 0 Å². The van der Waals surface area contributed by atoms with Crippen LogP contribution < -0.4 is 4.74 Å².